The normalized spacial score (nSPS) is 19.0. The van der Waals surface area contributed by atoms with Gasteiger partial charge < -0.3 is 24.4 Å². The first-order valence-electron chi connectivity index (χ1n) is 10.9. The van der Waals surface area contributed by atoms with Crippen LogP contribution in [0, 0.1) is 5.92 Å². The van der Waals surface area contributed by atoms with Crippen molar-refractivity contribution in [3.63, 3.8) is 0 Å². The van der Waals surface area contributed by atoms with Crippen LogP contribution in [0.4, 0.5) is 4.39 Å². The van der Waals surface area contributed by atoms with Gasteiger partial charge in [0.25, 0.3) is 5.91 Å². The summed E-state index contributed by atoms with van der Waals surface area (Å²) in [6, 6.07) is 8.41. The van der Waals surface area contributed by atoms with E-state index in [-0.39, 0.29) is 18.8 Å². The summed E-state index contributed by atoms with van der Waals surface area (Å²) in [7, 11) is 3.67. The third kappa shape index (κ3) is 4.60. The molecule has 1 N–H and O–H groups in total. The second kappa shape index (κ2) is 10.4. The number of esters is 1. The van der Waals surface area contributed by atoms with Crippen molar-refractivity contribution in [1.29, 1.82) is 0 Å². The Labute approximate surface area is 197 Å². The van der Waals surface area contributed by atoms with Crippen LogP contribution in [0.2, 0.25) is 0 Å². The Morgan fingerprint density at radius 2 is 1.91 bits per heavy atom. The van der Waals surface area contributed by atoms with Crippen LogP contribution in [0.25, 0.3) is 10.8 Å². The minimum absolute atomic E-state index is 0.130. The van der Waals surface area contributed by atoms with Gasteiger partial charge in [0.1, 0.15) is 12.4 Å². The number of hydrogen-bond acceptors (Lipinski definition) is 8. The van der Waals surface area contributed by atoms with Crippen LogP contribution < -0.4 is 5.32 Å². The van der Waals surface area contributed by atoms with Gasteiger partial charge in [-0.05, 0) is 11.5 Å². The molecular weight excluding hydrogens is 445 g/mol. The van der Waals surface area contributed by atoms with E-state index in [1.54, 1.807) is 6.20 Å². The smallest absolute Gasteiger partial charge is 0.307 e. The molecule has 1 aliphatic rings. The Balaban J connectivity index is 1.92. The second-order valence-electron chi connectivity index (χ2n) is 8.39. The number of oxime groups is 1. The number of fused-ring (bicyclic) bond motifs is 1. The van der Waals surface area contributed by atoms with Gasteiger partial charge in [0, 0.05) is 38.1 Å². The number of carbonyl (C=O) groups excluding carboxylic acids is 2. The number of hydrogen-bond donors (Lipinski definition) is 1. The minimum Gasteiger partial charge on any atom is -0.469 e. The molecule has 1 aromatic heterocycles. The topological polar surface area (TPSA) is 108 Å². The molecule has 0 unspecified atom stereocenters. The number of carbonyl (C=O) groups is 2. The molecule has 1 aromatic carbocycles. The van der Waals surface area contributed by atoms with Crippen molar-refractivity contribution in [3.8, 4) is 0 Å². The zero-order valence-corrected chi connectivity index (χ0v) is 20.0. The Morgan fingerprint density at radius 3 is 2.53 bits per heavy atom. The second-order valence-corrected chi connectivity index (χ2v) is 8.39. The van der Waals surface area contributed by atoms with Crippen LogP contribution in [0.15, 0.2) is 41.7 Å². The van der Waals surface area contributed by atoms with Gasteiger partial charge in [0.2, 0.25) is 11.4 Å². The summed E-state index contributed by atoms with van der Waals surface area (Å²) in [4.78, 5) is 35.9. The largest absolute Gasteiger partial charge is 0.469 e. The first kappa shape index (κ1) is 25.5. The number of halogens is 1. The molecule has 0 radical (unpaired) electrons. The molecule has 0 spiro atoms. The maximum Gasteiger partial charge on any atom is 0.307 e. The van der Waals surface area contributed by atoms with Gasteiger partial charge in [-0.3, -0.25) is 14.6 Å². The predicted molar refractivity (Wildman–Crippen MR) is 123 cm³/mol. The fraction of sp³-hybridized carbons (Fsp3) is 0.500. The van der Waals surface area contributed by atoms with Crippen molar-refractivity contribution < 1.29 is 33.0 Å². The standard InChI is InChI=1S/C24H30FN3O6/c1-15(2)23(22(30)27-19(12-20(29)31-3)24(14-25,32-4)33-5)13-18(28-34-23)21-17-9-7-6-8-16(17)10-11-26-21/h6-11,15,19H,12-14H2,1-5H3,(H,27,30)/t19-,23+/m0/s1. The first-order chi connectivity index (χ1) is 16.3. The van der Waals surface area contributed by atoms with E-state index in [4.69, 9.17) is 19.0 Å². The maximum atomic E-state index is 14.0. The van der Waals surface area contributed by atoms with Crippen molar-refractivity contribution >= 4 is 28.4 Å². The summed E-state index contributed by atoms with van der Waals surface area (Å²) >= 11 is 0. The van der Waals surface area contributed by atoms with Gasteiger partial charge in [-0.1, -0.05) is 43.3 Å². The summed E-state index contributed by atoms with van der Waals surface area (Å²) in [5.74, 6) is -3.46. The van der Waals surface area contributed by atoms with Gasteiger partial charge in [-0.25, -0.2) is 4.39 Å². The van der Waals surface area contributed by atoms with Gasteiger partial charge >= 0.3 is 5.97 Å². The van der Waals surface area contributed by atoms with Crippen LogP contribution in [-0.2, 0) is 28.6 Å². The van der Waals surface area contributed by atoms with Crippen molar-refractivity contribution in [2.45, 2.75) is 44.1 Å². The average molecular weight is 476 g/mol. The lowest BCUT2D eigenvalue weighted by atomic mass is 9.83. The molecule has 2 atom stereocenters. The van der Waals surface area contributed by atoms with Gasteiger partial charge in [0.05, 0.1) is 25.3 Å². The number of alkyl halides is 1. The number of methoxy groups -OCH3 is 3. The fourth-order valence-electron chi connectivity index (χ4n) is 4.04. The van der Waals surface area contributed by atoms with Gasteiger partial charge in [-0.15, -0.1) is 0 Å². The zero-order valence-electron chi connectivity index (χ0n) is 20.0. The van der Waals surface area contributed by atoms with Crippen molar-refractivity contribution in [2.24, 2.45) is 11.1 Å². The molecule has 34 heavy (non-hydrogen) atoms. The van der Waals surface area contributed by atoms with E-state index in [9.17, 15) is 14.0 Å². The lowest BCUT2D eigenvalue weighted by Gasteiger charge is -2.38. The number of ether oxygens (including phenoxy) is 3. The van der Waals surface area contributed by atoms with Gasteiger partial charge in [0.15, 0.2) is 0 Å². The molecule has 1 aliphatic heterocycles. The lowest BCUT2D eigenvalue weighted by molar-refractivity contribution is -0.236. The molecule has 0 bridgehead atoms. The van der Waals surface area contributed by atoms with E-state index in [2.05, 4.69) is 15.5 Å². The molecule has 184 valence electrons. The molecule has 9 nitrogen and oxygen atoms in total. The molecule has 3 rings (SSSR count). The highest BCUT2D eigenvalue weighted by molar-refractivity contribution is 6.11. The van der Waals surface area contributed by atoms with E-state index < -0.39 is 36.0 Å². The van der Waals surface area contributed by atoms with Crippen molar-refractivity contribution in [3.05, 3.63) is 42.2 Å². The minimum atomic E-state index is -1.89. The van der Waals surface area contributed by atoms with E-state index in [1.165, 1.54) is 21.3 Å². The van der Waals surface area contributed by atoms with Crippen LogP contribution in [0.3, 0.4) is 0 Å². The van der Waals surface area contributed by atoms with Crippen LogP contribution in [0.5, 0.6) is 0 Å². The number of aromatic nitrogens is 1. The van der Waals surface area contributed by atoms with Crippen molar-refractivity contribution in [1.82, 2.24) is 10.3 Å². The highest BCUT2D eigenvalue weighted by atomic mass is 19.1. The molecule has 0 aliphatic carbocycles. The Morgan fingerprint density at radius 1 is 1.21 bits per heavy atom. The predicted octanol–water partition coefficient (Wildman–Crippen LogP) is 2.76. The average Bonchev–Trinajstić information content (AvgIpc) is 3.32. The van der Waals surface area contributed by atoms with E-state index in [1.807, 2.05) is 44.2 Å². The number of rotatable bonds is 10. The van der Waals surface area contributed by atoms with Gasteiger partial charge in [-0.2, -0.15) is 0 Å². The van der Waals surface area contributed by atoms with Crippen LogP contribution >= 0.6 is 0 Å². The number of nitrogens with one attached hydrogen (secondary N) is 1. The molecule has 2 heterocycles. The summed E-state index contributed by atoms with van der Waals surface area (Å²) < 4.78 is 29.2. The monoisotopic (exact) mass is 475 g/mol. The number of amides is 1. The molecule has 0 fully saturated rings. The number of benzene rings is 1. The van der Waals surface area contributed by atoms with E-state index in [0.717, 1.165) is 10.8 Å². The highest BCUT2D eigenvalue weighted by Gasteiger charge is 2.52. The van der Waals surface area contributed by atoms with E-state index >= 15 is 0 Å². The molecule has 0 saturated heterocycles. The zero-order chi connectivity index (χ0) is 24.9. The SMILES string of the molecule is COC(=O)C[C@H](NC(=O)[C@]1(C(C)C)CC(c2nccc3ccccc23)=NO1)C(CF)(OC)OC. The number of pyridine rings is 1. The molecular formula is C24H30FN3O6. The quantitative estimate of drug-likeness (QED) is 0.416. The summed E-state index contributed by atoms with van der Waals surface area (Å²) in [5, 5.41) is 8.78. The Bertz CT molecular complexity index is 1060. The Hall–Kier alpha value is -3.11. The van der Waals surface area contributed by atoms with Crippen LogP contribution in [-0.4, -0.2) is 68.0 Å². The number of nitrogens with zero attached hydrogens (tertiary/aromatic N) is 2. The fourth-order valence-corrected chi connectivity index (χ4v) is 4.04. The third-order valence-electron chi connectivity index (χ3n) is 6.32. The molecule has 1 amide bonds. The van der Waals surface area contributed by atoms with E-state index in [0.29, 0.717) is 11.4 Å². The van der Waals surface area contributed by atoms with Crippen LogP contribution in [0.1, 0.15) is 32.4 Å². The molecule has 2 aromatic rings. The molecule has 10 heteroatoms. The summed E-state index contributed by atoms with van der Waals surface area (Å²) in [6.45, 7) is 2.52. The summed E-state index contributed by atoms with van der Waals surface area (Å²) in [5.41, 5.74) is -0.280. The lowest BCUT2D eigenvalue weighted by Crippen LogP contribution is -2.62. The Kier molecular flexibility index (Phi) is 7.83. The van der Waals surface area contributed by atoms with Crippen molar-refractivity contribution in [2.75, 3.05) is 28.0 Å². The first-order valence-corrected chi connectivity index (χ1v) is 10.9. The molecule has 0 saturated carbocycles. The highest BCUT2D eigenvalue weighted by Crippen LogP contribution is 2.36. The third-order valence-corrected chi connectivity index (χ3v) is 6.32. The maximum absolute atomic E-state index is 14.0. The summed E-state index contributed by atoms with van der Waals surface area (Å²) in [6.07, 6.45) is 1.43.